The van der Waals surface area contributed by atoms with Crippen molar-refractivity contribution in [3.05, 3.63) is 51.0 Å². The number of carbonyl (C=O) groups excluding carboxylic acids is 1. The lowest BCUT2D eigenvalue weighted by Gasteiger charge is -2.03. The Labute approximate surface area is 99.0 Å². The number of benzene rings is 1. The smallest absolute Gasteiger partial charge is 0.161 e. The van der Waals surface area contributed by atoms with E-state index in [9.17, 15) is 4.79 Å². The van der Waals surface area contributed by atoms with Crippen LogP contribution < -0.4 is 0 Å². The first-order valence-electron chi connectivity index (χ1n) is 5.15. The van der Waals surface area contributed by atoms with Crippen molar-refractivity contribution in [3.63, 3.8) is 0 Å². The van der Waals surface area contributed by atoms with E-state index in [4.69, 9.17) is 0 Å². The quantitative estimate of drug-likeness (QED) is 0.759. The summed E-state index contributed by atoms with van der Waals surface area (Å²) in [5, 5.41) is 0.991. The minimum Gasteiger partial charge on any atom is -0.297 e. The molecule has 16 heavy (non-hydrogen) atoms. The Hall–Kier alpha value is -1.48. The molecule has 0 spiro atoms. The molecule has 82 valence electrons. The van der Waals surface area contributed by atoms with Crippen LogP contribution in [0, 0.1) is 13.8 Å². The SMILES string of the molecule is Cc1ccc(Cc2ncc(C=O)s2)cc1C. The molecular weight excluding hydrogens is 218 g/mol. The van der Waals surface area contributed by atoms with E-state index in [1.807, 2.05) is 0 Å². The Balaban J connectivity index is 2.20. The van der Waals surface area contributed by atoms with E-state index in [-0.39, 0.29) is 0 Å². The monoisotopic (exact) mass is 231 g/mol. The zero-order chi connectivity index (χ0) is 11.5. The summed E-state index contributed by atoms with van der Waals surface area (Å²) in [6.07, 6.45) is 3.29. The molecule has 0 amide bonds. The number of hydrogen-bond acceptors (Lipinski definition) is 3. The second-order valence-electron chi connectivity index (χ2n) is 3.87. The number of thiazole rings is 1. The molecule has 0 saturated carbocycles. The van der Waals surface area contributed by atoms with Gasteiger partial charge in [0.1, 0.15) is 0 Å². The van der Waals surface area contributed by atoms with Gasteiger partial charge in [-0.25, -0.2) is 4.98 Å². The Morgan fingerprint density at radius 3 is 2.75 bits per heavy atom. The van der Waals surface area contributed by atoms with Crippen molar-refractivity contribution in [1.82, 2.24) is 4.98 Å². The number of carbonyl (C=O) groups is 1. The molecule has 0 saturated heterocycles. The summed E-state index contributed by atoms with van der Waals surface area (Å²) in [5.41, 5.74) is 3.84. The van der Waals surface area contributed by atoms with E-state index in [2.05, 4.69) is 37.0 Å². The van der Waals surface area contributed by atoms with Crippen LogP contribution in [0.1, 0.15) is 31.4 Å². The van der Waals surface area contributed by atoms with E-state index in [1.54, 1.807) is 6.20 Å². The van der Waals surface area contributed by atoms with E-state index in [0.29, 0.717) is 4.88 Å². The summed E-state index contributed by atoms with van der Waals surface area (Å²) >= 11 is 1.46. The topological polar surface area (TPSA) is 30.0 Å². The van der Waals surface area contributed by atoms with Gasteiger partial charge in [-0.1, -0.05) is 18.2 Å². The van der Waals surface area contributed by atoms with Crippen molar-refractivity contribution in [2.75, 3.05) is 0 Å². The van der Waals surface area contributed by atoms with Gasteiger partial charge in [-0.3, -0.25) is 4.79 Å². The Morgan fingerprint density at radius 2 is 2.12 bits per heavy atom. The van der Waals surface area contributed by atoms with Gasteiger partial charge in [0, 0.05) is 12.6 Å². The zero-order valence-corrected chi connectivity index (χ0v) is 10.2. The van der Waals surface area contributed by atoms with Gasteiger partial charge in [0.25, 0.3) is 0 Å². The van der Waals surface area contributed by atoms with Gasteiger partial charge in [-0.05, 0) is 30.5 Å². The van der Waals surface area contributed by atoms with Crippen LogP contribution in [0.4, 0.5) is 0 Å². The van der Waals surface area contributed by atoms with Crippen molar-refractivity contribution in [3.8, 4) is 0 Å². The van der Waals surface area contributed by atoms with Gasteiger partial charge in [-0.2, -0.15) is 0 Å². The predicted molar refractivity (Wildman–Crippen MR) is 66.2 cm³/mol. The third-order valence-electron chi connectivity index (χ3n) is 2.61. The second kappa shape index (κ2) is 4.58. The molecule has 0 radical (unpaired) electrons. The third-order valence-corrected chi connectivity index (χ3v) is 3.54. The first-order valence-corrected chi connectivity index (χ1v) is 5.96. The summed E-state index contributed by atoms with van der Waals surface area (Å²) in [6, 6.07) is 6.42. The Kier molecular flexibility index (Phi) is 3.15. The molecule has 0 aliphatic carbocycles. The molecule has 2 rings (SSSR count). The summed E-state index contributed by atoms with van der Waals surface area (Å²) in [6.45, 7) is 4.21. The molecule has 1 heterocycles. The molecule has 3 heteroatoms. The van der Waals surface area contributed by atoms with Gasteiger partial charge in [0.15, 0.2) is 6.29 Å². The fourth-order valence-electron chi connectivity index (χ4n) is 1.55. The summed E-state index contributed by atoms with van der Waals surface area (Å²) in [4.78, 5) is 15.5. The molecule has 0 atom stereocenters. The van der Waals surface area contributed by atoms with Gasteiger partial charge >= 0.3 is 0 Å². The first-order chi connectivity index (χ1) is 7.69. The number of aryl methyl sites for hydroxylation is 2. The fraction of sp³-hybridized carbons (Fsp3) is 0.231. The molecule has 0 aliphatic heterocycles. The minimum atomic E-state index is 0.693. The highest BCUT2D eigenvalue weighted by Crippen LogP contribution is 2.17. The van der Waals surface area contributed by atoms with Crippen LogP contribution >= 0.6 is 11.3 Å². The molecule has 1 aromatic carbocycles. The van der Waals surface area contributed by atoms with Crippen LogP contribution in [0.5, 0.6) is 0 Å². The maximum Gasteiger partial charge on any atom is 0.161 e. The van der Waals surface area contributed by atoms with Crippen LogP contribution in [-0.2, 0) is 6.42 Å². The first kappa shape index (κ1) is 11.0. The summed E-state index contributed by atoms with van der Waals surface area (Å²) < 4.78 is 0. The van der Waals surface area contributed by atoms with E-state index in [1.165, 1.54) is 28.0 Å². The highest BCUT2D eigenvalue weighted by molar-refractivity contribution is 7.13. The van der Waals surface area contributed by atoms with Crippen molar-refractivity contribution in [2.45, 2.75) is 20.3 Å². The summed E-state index contributed by atoms with van der Waals surface area (Å²) in [5.74, 6) is 0. The molecule has 0 bridgehead atoms. The van der Waals surface area contributed by atoms with Crippen LogP contribution in [0.2, 0.25) is 0 Å². The van der Waals surface area contributed by atoms with Crippen LogP contribution in [0.15, 0.2) is 24.4 Å². The molecule has 2 nitrogen and oxygen atoms in total. The highest BCUT2D eigenvalue weighted by Gasteiger charge is 2.03. The number of nitrogens with zero attached hydrogens (tertiary/aromatic N) is 1. The highest BCUT2D eigenvalue weighted by atomic mass is 32.1. The minimum absolute atomic E-state index is 0.693. The molecule has 1 aromatic heterocycles. The largest absolute Gasteiger partial charge is 0.297 e. The maximum absolute atomic E-state index is 10.5. The number of hydrogen-bond donors (Lipinski definition) is 0. The number of aromatic nitrogens is 1. The standard InChI is InChI=1S/C13H13NOS/c1-9-3-4-11(5-10(9)2)6-13-14-7-12(8-15)16-13/h3-5,7-8H,6H2,1-2H3. The van der Waals surface area contributed by atoms with Gasteiger partial charge in [0.2, 0.25) is 0 Å². The molecule has 0 fully saturated rings. The average molecular weight is 231 g/mol. The normalized spacial score (nSPS) is 10.4. The van der Waals surface area contributed by atoms with Gasteiger partial charge < -0.3 is 0 Å². The van der Waals surface area contributed by atoms with E-state index < -0.39 is 0 Å². The lowest BCUT2D eigenvalue weighted by molar-refractivity contribution is 0.112. The molecule has 0 N–H and O–H groups in total. The number of aldehydes is 1. The van der Waals surface area contributed by atoms with E-state index in [0.717, 1.165) is 17.7 Å². The van der Waals surface area contributed by atoms with Crippen molar-refractivity contribution >= 4 is 17.6 Å². The van der Waals surface area contributed by atoms with Crippen LogP contribution in [0.25, 0.3) is 0 Å². The third kappa shape index (κ3) is 2.36. The number of rotatable bonds is 3. The lowest BCUT2D eigenvalue weighted by atomic mass is 10.0. The van der Waals surface area contributed by atoms with Gasteiger partial charge in [0.05, 0.1) is 9.88 Å². The summed E-state index contributed by atoms with van der Waals surface area (Å²) in [7, 11) is 0. The Morgan fingerprint density at radius 1 is 1.31 bits per heavy atom. The van der Waals surface area contributed by atoms with Crippen LogP contribution in [-0.4, -0.2) is 11.3 Å². The van der Waals surface area contributed by atoms with Crippen molar-refractivity contribution in [2.24, 2.45) is 0 Å². The molecule has 0 unspecified atom stereocenters. The zero-order valence-electron chi connectivity index (χ0n) is 9.36. The fourth-order valence-corrected chi connectivity index (χ4v) is 2.32. The predicted octanol–water partition coefficient (Wildman–Crippen LogP) is 3.16. The van der Waals surface area contributed by atoms with Gasteiger partial charge in [-0.15, -0.1) is 11.3 Å². The molecule has 2 aromatic rings. The second-order valence-corrected chi connectivity index (χ2v) is 5.02. The average Bonchev–Trinajstić information content (AvgIpc) is 2.71. The lowest BCUT2D eigenvalue weighted by Crippen LogP contribution is -1.89. The molecule has 0 aliphatic rings. The molecular formula is C13H13NOS. The Bertz CT molecular complexity index is 516. The maximum atomic E-state index is 10.5. The van der Waals surface area contributed by atoms with Crippen LogP contribution in [0.3, 0.4) is 0 Å². The van der Waals surface area contributed by atoms with E-state index >= 15 is 0 Å². The van der Waals surface area contributed by atoms with Crippen molar-refractivity contribution < 1.29 is 4.79 Å². The van der Waals surface area contributed by atoms with Crippen molar-refractivity contribution in [1.29, 1.82) is 0 Å².